The molecule has 2 fully saturated rings. The topological polar surface area (TPSA) is 32.8 Å². The highest BCUT2D eigenvalue weighted by atomic mass is 16.5. The third-order valence-electron chi connectivity index (χ3n) is 3.29. The quantitative estimate of drug-likeness (QED) is 0.608. The number of nitrogens with zero attached hydrogens (tertiary/aromatic N) is 2. The molecule has 2 aliphatic rings. The first-order valence-corrected chi connectivity index (χ1v) is 5.16. The molecule has 4 heteroatoms. The van der Waals surface area contributed by atoms with Crippen molar-refractivity contribution in [2.75, 3.05) is 46.9 Å². The Labute approximate surface area is 84.8 Å². The number of ether oxygens (including phenoxy) is 1. The monoisotopic (exact) mass is 198 g/mol. The molecule has 2 heterocycles. The molecule has 2 saturated heterocycles. The smallest absolute Gasteiger partial charge is 0.248 e. The number of carbonyl (C=O) groups is 1. The standard InChI is InChI=1S/C10H18N2O2/c1-11-3-8-5-12(6-9(8)4-11)10(13)7-14-2/h8-9H,3-7H2,1-2H3/t8-,9+. The van der Waals surface area contributed by atoms with Crippen LogP contribution in [0.3, 0.4) is 0 Å². The number of methoxy groups -OCH3 is 1. The average Bonchev–Trinajstić information content (AvgIpc) is 2.61. The minimum atomic E-state index is 0.143. The van der Waals surface area contributed by atoms with E-state index in [2.05, 4.69) is 11.9 Å². The average molecular weight is 198 g/mol. The third kappa shape index (κ3) is 1.77. The van der Waals surface area contributed by atoms with Crippen LogP contribution in [0.15, 0.2) is 0 Å². The molecule has 0 radical (unpaired) electrons. The van der Waals surface area contributed by atoms with Crippen LogP contribution in [0.4, 0.5) is 0 Å². The van der Waals surface area contributed by atoms with Crippen LogP contribution in [0.25, 0.3) is 0 Å². The van der Waals surface area contributed by atoms with Gasteiger partial charge in [-0.3, -0.25) is 4.79 Å². The summed E-state index contributed by atoms with van der Waals surface area (Å²) in [4.78, 5) is 15.9. The molecule has 4 nitrogen and oxygen atoms in total. The van der Waals surface area contributed by atoms with E-state index in [1.54, 1.807) is 7.11 Å². The van der Waals surface area contributed by atoms with Gasteiger partial charge in [0.25, 0.3) is 0 Å². The zero-order valence-corrected chi connectivity index (χ0v) is 8.90. The van der Waals surface area contributed by atoms with E-state index in [1.165, 1.54) is 0 Å². The van der Waals surface area contributed by atoms with Gasteiger partial charge in [0.2, 0.25) is 5.91 Å². The van der Waals surface area contributed by atoms with Crippen LogP contribution < -0.4 is 0 Å². The molecular formula is C10H18N2O2. The number of carbonyl (C=O) groups excluding carboxylic acids is 1. The highest BCUT2D eigenvalue weighted by Crippen LogP contribution is 2.29. The van der Waals surface area contributed by atoms with Crippen molar-refractivity contribution in [3.05, 3.63) is 0 Å². The Hall–Kier alpha value is -0.610. The van der Waals surface area contributed by atoms with Gasteiger partial charge in [-0.25, -0.2) is 0 Å². The third-order valence-corrected chi connectivity index (χ3v) is 3.29. The van der Waals surface area contributed by atoms with Crippen LogP contribution in [-0.2, 0) is 9.53 Å². The lowest BCUT2D eigenvalue weighted by molar-refractivity contribution is -0.134. The molecule has 0 unspecified atom stereocenters. The predicted octanol–water partition coefficient (Wildman–Crippen LogP) is -0.347. The zero-order chi connectivity index (χ0) is 10.1. The number of fused-ring (bicyclic) bond motifs is 1. The van der Waals surface area contributed by atoms with Gasteiger partial charge in [-0.15, -0.1) is 0 Å². The molecule has 1 amide bonds. The van der Waals surface area contributed by atoms with Crippen molar-refractivity contribution in [3.8, 4) is 0 Å². The minimum Gasteiger partial charge on any atom is -0.375 e. The van der Waals surface area contributed by atoms with Gasteiger partial charge in [-0.2, -0.15) is 0 Å². The number of rotatable bonds is 2. The van der Waals surface area contributed by atoms with E-state index in [9.17, 15) is 4.79 Å². The lowest BCUT2D eigenvalue weighted by Gasteiger charge is -2.18. The number of amides is 1. The van der Waals surface area contributed by atoms with Crippen molar-refractivity contribution in [3.63, 3.8) is 0 Å². The van der Waals surface area contributed by atoms with Gasteiger partial charge in [0, 0.05) is 33.3 Å². The molecule has 2 aliphatic heterocycles. The highest BCUT2D eigenvalue weighted by Gasteiger charge is 2.39. The molecule has 0 aromatic heterocycles. The summed E-state index contributed by atoms with van der Waals surface area (Å²) in [5, 5.41) is 0. The lowest BCUT2D eigenvalue weighted by Crippen LogP contribution is -2.34. The zero-order valence-electron chi connectivity index (χ0n) is 8.90. The van der Waals surface area contributed by atoms with Crippen LogP contribution in [0.1, 0.15) is 0 Å². The fourth-order valence-electron chi connectivity index (χ4n) is 2.65. The first kappa shape index (κ1) is 9.93. The number of hydrogen-bond donors (Lipinski definition) is 0. The van der Waals surface area contributed by atoms with Gasteiger partial charge in [0.15, 0.2) is 0 Å². The summed E-state index contributed by atoms with van der Waals surface area (Å²) in [6, 6.07) is 0. The van der Waals surface area contributed by atoms with Gasteiger partial charge in [-0.05, 0) is 18.9 Å². The summed E-state index contributed by atoms with van der Waals surface area (Å²) >= 11 is 0. The number of likely N-dealkylation sites (tertiary alicyclic amines) is 2. The predicted molar refractivity (Wildman–Crippen MR) is 52.9 cm³/mol. The van der Waals surface area contributed by atoms with Gasteiger partial charge < -0.3 is 14.5 Å². The maximum Gasteiger partial charge on any atom is 0.248 e. The summed E-state index contributed by atoms with van der Waals surface area (Å²) in [6.07, 6.45) is 0. The molecule has 0 spiro atoms. The fraction of sp³-hybridized carbons (Fsp3) is 0.900. The van der Waals surface area contributed by atoms with Crippen LogP contribution >= 0.6 is 0 Å². The highest BCUT2D eigenvalue weighted by molar-refractivity contribution is 5.77. The molecule has 14 heavy (non-hydrogen) atoms. The molecule has 2 atom stereocenters. The molecule has 0 bridgehead atoms. The molecule has 0 aliphatic carbocycles. The summed E-state index contributed by atoms with van der Waals surface area (Å²) in [6.45, 7) is 4.37. The van der Waals surface area contributed by atoms with Gasteiger partial charge in [-0.1, -0.05) is 0 Å². The minimum absolute atomic E-state index is 0.143. The van der Waals surface area contributed by atoms with Gasteiger partial charge >= 0.3 is 0 Å². The second-order valence-corrected chi connectivity index (χ2v) is 4.47. The Balaban J connectivity index is 1.88. The van der Waals surface area contributed by atoms with E-state index in [-0.39, 0.29) is 12.5 Å². The Bertz CT molecular complexity index is 218. The summed E-state index contributed by atoms with van der Waals surface area (Å²) in [5.74, 6) is 1.53. The Kier molecular flexibility index (Phi) is 2.74. The van der Waals surface area contributed by atoms with Crippen molar-refractivity contribution in [2.24, 2.45) is 11.8 Å². The van der Waals surface area contributed by atoms with Gasteiger partial charge in [0.05, 0.1) is 0 Å². The maximum atomic E-state index is 11.5. The normalized spacial score (nSPS) is 32.3. The summed E-state index contributed by atoms with van der Waals surface area (Å²) < 4.78 is 4.86. The van der Waals surface area contributed by atoms with E-state index in [0.717, 1.165) is 26.2 Å². The van der Waals surface area contributed by atoms with E-state index >= 15 is 0 Å². The molecule has 80 valence electrons. The summed E-state index contributed by atoms with van der Waals surface area (Å²) in [7, 11) is 3.72. The maximum absolute atomic E-state index is 11.5. The van der Waals surface area contributed by atoms with Crippen LogP contribution in [0.5, 0.6) is 0 Å². The van der Waals surface area contributed by atoms with Crippen molar-refractivity contribution in [2.45, 2.75) is 0 Å². The molecule has 0 aromatic rings. The van der Waals surface area contributed by atoms with Crippen LogP contribution in [-0.4, -0.2) is 62.7 Å². The Morgan fingerprint density at radius 3 is 2.36 bits per heavy atom. The number of hydrogen-bond acceptors (Lipinski definition) is 3. The van der Waals surface area contributed by atoms with E-state index < -0.39 is 0 Å². The molecule has 0 N–H and O–H groups in total. The molecule has 2 rings (SSSR count). The fourth-order valence-corrected chi connectivity index (χ4v) is 2.65. The molecular weight excluding hydrogens is 180 g/mol. The first-order chi connectivity index (χ1) is 6.70. The second kappa shape index (κ2) is 3.87. The van der Waals surface area contributed by atoms with Crippen molar-refractivity contribution < 1.29 is 9.53 Å². The Morgan fingerprint density at radius 2 is 1.86 bits per heavy atom. The van der Waals surface area contributed by atoms with Crippen molar-refractivity contribution >= 4 is 5.91 Å². The SMILES string of the molecule is COCC(=O)N1C[C@H]2CN(C)C[C@H]2C1. The molecule has 0 aromatic carbocycles. The molecule has 0 saturated carbocycles. The van der Waals surface area contributed by atoms with E-state index in [1.807, 2.05) is 4.90 Å². The van der Waals surface area contributed by atoms with Crippen molar-refractivity contribution in [1.29, 1.82) is 0 Å². The van der Waals surface area contributed by atoms with Gasteiger partial charge in [0.1, 0.15) is 6.61 Å². The first-order valence-electron chi connectivity index (χ1n) is 5.16. The van der Waals surface area contributed by atoms with Crippen LogP contribution in [0.2, 0.25) is 0 Å². The Morgan fingerprint density at radius 1 is 1.29 bits per heavy atom. The second-order valence-electron chi connectivity index (χ2n) is 4.47. The lowest BCUT2D eigenvalue weighted by atomic mass is 10.0. The largest absolute Gasteiger partial charge is 0.375 e. The van der Waals surface area contributed by atoms with Crippen molar-refractivity contribution in [1.82, 2.24) is 9.80 Å². The summed E-state index contributed by atoms with van der Waals surface area (Å²) in [5.41, 5.74) is 0. The van der Waals surface area contributed by atoms with E-state index in [4.69, 9.17) is 4.74 Å². The van der Waals surface area contributed by atoms with E-state index in [0.29, 0.717) is 11.8 Å². The van der Waals surface area contributed by atoms with Crippen LogP contribution in [0, 0.1) is 11.8 Å².